The molecule has 1 saturated heterocycles. The number of carbonyl (C=O) groups is 1. The van der Waals surface area contributed by atoms with Crippen molar-refractivity contribution in [3.8, 4) is 0 Å². The van der Waals surface area contributed by atoms with Gasteiger partial charge in [0.25, 0.3) is 0 Å². The third-order valence-corrected chi connectivity index (χ3v) is 1.80. The zero-order valence-electron chi connectivity index (χ0n) is 6.18. The summed E-state index contributed by atoms with van der Waals surface area (Å²) in [7, 11) is 0. The van der Waals surface area contributed by atoms with E-state index in [1.165, 1.54) is 0 Å². The van der Waals surface area contributed by atoms with E-state index in [9.17, 15) is 4.79 Å². The Morgan fingerprint density at radius 1 is 1.50 bits per heavy atom. The largest absolute Gasteiger partial charge is 0.300 e. The van der Waals surface area contributed by atoms with Gasteiger partial charge < -0.3 is 0 Å². The Hall–Kier alpha value is -0.630. The molecular weight excluding hydrogens is 126 g/mol. The van der Waals surface area contributed by atoms with Crippen LogP contribution in [0.1, 0.15) is 12.8 Å². The predicted molar refractivity (Wildman–Crippen MR) is 40.9 cm³/mol. The maximum absolute atomic E-state index is 10.8. The minimum Gasteiger partial charge on any atom is -0.300 e. The standard InChI is InChI=1S/C8H13NO/c1-2-5-9-6-3-8(10)4-7-9/h2H,1,3-7H2. The van der Waals surface area contributed by atoms with Crippen molar-refractivity contribution >= 4 is 5.78 Å². The van der Waals surface area contributed by atoms with Gasteiger partial charge >= 0.3 is 0 Å². The van der Waals surface area contributed by atoms with E-state index < -0.39 is 0 Å². The summed E-state index contributed by atoms with van der Waals surface area (Å²) >= 11 is 0. The highest BCUT2D eigenvalue weighted by Crippen LogP contribution is 2.04. The summed E-state index contributed by atoms with van der Waals surface area (Å²) in [5.41, 5.74) is 0. The fourth-order valence-corrected chi connectivity index (χ4v) is 1.17. The molecule has 0 amide bonds. The number of hydrogen-bond acceptors (Lipinski definition) is 2. The SMILES string of the molecule is C=CCN1CCC(=O)CC1. The third-order valence-electron chi connectivity index (χ3n) is 1.80. The lowest BCUT2D eigenvalue weighted by atomic mass is 10.1. The Kier molecular flexibility index (Phi) is 2.63. The van der Waals surface area contributed by atoms with E-state index in [0.29, 0.717) is 5.78 Å². The topological polar surface area (TPSA) is 20.3 Å². The number of likely N-dealkylation sites (tertiary alicyclic amines) is 1. The summed E-state index contributed by atoms with van der Waals surface area (Å²) in [5, 5.41) is 0. The van der Waals surface area contributed by atoms with Crippen molar-refractivity contribution in [3.05, 3.63) is 12.7 Å². The molecule has 0 aromatic carbocycles. The Morgan fingerprint density at radius 3 is 2.60 bits per heavy atom. The van der Waals surface area contributed by atoms with Gasteiger partial charge in [0.15, 0.2) is 0 Å². The number of rotatable bonds is 2. The van der Waals surface area contributed by atoms with Crippen LogP contribution in [0.5, 0.6) is 0 Å². The summed E-state index contributed by atoms with van der Waals surface area (Å²) in [6.07, 6.45) is 3.34. The van der Waals surface area contributed by atoms with Crippen LogP contribution in [-0.2, 0) is 4.79 Å². The Morgan fingerprint density at radius 2 is 2.10 bits per heavy atom. The van der Waals surface area contributed by atoms with Crippen LogP contribution in [0.2, 0.25) is 0 Å². The summed E-state index contributed by atoms with van der Waals surface area (Å²) in [5.74, 6) is 0.403. The van der Waals surface area contributed by atoms with Crippen molar-refractivity contribution in [2.45, 2.75) is 12.8 Å². The van der Waals surface area contributed by atoms with E-state index in [2.05, 4.69) is 11.5 Å². The first kappa shape index (κ1) is 7.48. The highest BCUT2D eigenvalue weighted by Gasteiger charge is 2.13. The van der Waals surface area contributed by atoms with Gasteiger partial charge in [-0.25, -0.2) is 0 Å². The average molecular weight is 139 g/mol. The molecule has 0 N–H and O–H groups in total. The zero-order chi connectivity index (χ0) is 7.40. The van der Waals surface area contributed by atoms with E-state index in [0.717, 1.165) is 32.5 Å². The van der Waals surface area contributed by atoms with E-state index in [1.54, 1.807) is 0 Å². The first-order chi connectivity index (χ1) is 4.83. The lowest BCUT2D eigenvalue weighted by Gasteiger charge is -2.23. The van der Waals surface area contributed by atoms with E-state index in [-0.39, 0.29) is 0 Å². The van der Waals surface area contributed by atoms with Gasteiger partial charge in [-0.3, -0.25) is 9.69 Å². The van der Waals surface area contributed by atoms with Crippen molar-refractivity contribution < 1.29 is 4.79 Å². The summed E-state index contributed by atoms with van der Waals surface area (Å²) in [6, 6.07) is 0. The van der Waals surface area contributed by atoms with Crippen LogP contribution in [-0.4, -0.2) is 30.3 Å². The predicted octanol–water partition coefficient (Wildman–Crippen LogP) is 0.837. The van der Waals surface area contributed by atoms with Crippen LogP contribution in [0.15, 0.2) is 12.7 Å². The Bertz CT molecular complexity index is 132. The molecule has 0 aromatic rings. The molecule has 1 fully saturated rings. The Labute approximate surface area is 61.5 Å². The number of Topliss-reactive ketones (excluding diaryl/α,β-unsaturated/α-hetero) is 1. The lowest BCUT2D eigenvalue weighted by Crippen LogP contribution is -2.33. The molecule has 10 heavy (non-hydrogen) atoms. The molecule has 2 nitrogen and oxygen atoms in total. The molecule has 2 heteroatoms. The summed E-state index contributed by atoms with van der Waals surface area (Å²) < 4.78 is 0. The molecule has 0 aliphatic carbocycles. The number of hydrogen-bond donors (Lipinski definition) is 0. The van der Waals surface area contributed by atoms with Gasteiger partial charge in [-0.1, -0.05) is 6.08 Å². The molecular formula is C8H13NO. The van der Waals surface area contributed by atoms with E-state index in [4.69, 9.17) is 0 Å². The Balaban J connectivity index is 2.25. The maximum Gasteiger partial charge on any atom is 0.135 e. The number of nitrogens with zero attached hydrogens (tertiary/aromatic N) is 1. The molecule has 0 saturated carbocycles. The summed E-state index contributed by atoms with van der Waals surface area (Å²) in [6.45, 7) is 6.41. The van der Waals surface area contributed by atoms with Gasteiger partial charge in [0.05, 0.1) is 0 Å². The average Bonchev–Trinajstić information content (AvgIpc) is 1.95. The first-order valence-corrected chi connectivity index (χ1v) is 3.68. The van der Waals surface area contributed by atoms with Gasteiger partial charge in [0.1, 0.15) is 5.78 Å². The monoisotopic (exact) mass is 139 g/mol. The minimum atomic E-state index is 0.403. The van der Waals surface area contributed by atoms with Crippen LogP contribution in [0.4, 0.5) is 0 Å². The maximum atomic E-state index is 10.8. The third kappa shape index (κ3) is 1.95. The van der Waals surface area contributed by atoms with E-state index in [1.807, 2.05) is 6.08 Å². The second kappa shape index (κ2) is 3.52. The molecule has 1 aliphatic heterocycles. The zero-order valence-corrected chi connectivity index (χ0v) is 6.18. The minimum absolute atomic E-state index is 0.403. The molecule has 1 heterocycles. The van der Waals surface area contributed by atoms with Crippen molar-refractivity contribution in [1.82, 2.24) is 4.90 Å². The lowest BCUT2D eigenvalue weighted by molar-refractivity contribution is -0.121. The van der Waals surface area contributed by atoms with Gasteiger partial charge in [0.2, 0.25) is 0 Å². The van der Waals surface area contributed by atoms with Gasteiger partial charge in [-0.2, -0.15) is 0 Å². The fraction of sp³-hybridized carbons (Fsp3) is 0.625. The number of carbonyl (C=O) groups excluding carboxylic acids is 1. The van der Waals surface area contributed by atoms with Crippen LogP contribution in [0, 0.1) is 0 Å². The van der Waals surface area contributed by atoms with Gasteiger partial charge in [-0.15, -0.1) is 6.58 Å². The smallest absolute Gasteiger partial charge is 0.135 e. The molecule has 0 unspecified atom stereocenters. The quantitative estimate of drug-likeness (QED) is 0.528. The van der Waals surface area contributed by atoms with Gasteiger partial charge in [0, 0.05) is 32.5 Å². The fourth-order valence-electron chi connectivity index (χ4n) is 1.17. The highest BCUT2D eigenvalue weighted by atomic mass is 16.1. The molecule has 0 bridgehead atoms. The highest BCUT2D eigenvalue weighted by molar-refractivity contribution is 5.79. The molecule has 0 atom stereocenters. The number of piperidine rings is 1. The molecule has 0 spiro atoms. The normalized spacial score (nSPS) is 21.0. The molecule has 1 aliphatic rings. The molecule has 56 valence electrons. The van der Waals surface area contributed by atoms with Crippen LogP contribution in [0.25, 0.3) is 0 Å². The van der Waals surface area contributed by atoms with E-state index >= 15 is 0 Å². The number of ketones is 1. The molecule has 0 radical (unpaired) electrons. The van der Waals surface area contributed by atoms with Crippen molar-refractivity contribution in [2.24, 2.45) is 0 Å². The summed E-state index contributed by atoms with van der Waals surface area (Å²) in [4.78, 5) is 13.0. The van der Waals surface area contributed by atoms with Gasteiger partial charge in [-0.05, 0) is 0 Å². The molecule has 0 aromatic heterocycles. The van der Waals surface area contributed by atoms with Crippen molar-refractivity contribution in [1.29, 1.82) is 0 Å². The second-order valence-electron chi connectivity index (χ2n) is 2.63. The van der Waals surface area contributed by atoms with Crippen molar-refractivity contribution in [2.75, 3.05) is 19.6 Å². The van der Waals surface area contributed by atoms with Crippen LogP contribution >= 0.6 is 0 Å². The van der Waals surface area contributed by atoms with Crippen molar-refractivity contribution in [3.63, 3.8) is 0 Å². The molecule has 1 rings (SSSR count). The first-order valence-electron chi connectivity index (χ1n) is 3.68. The second-order valence-corrected chi connectivity index (χ2v) is 2.63. The van der Waals surface area contributed by atoms with Crippen LogP contribution in [0.3, 0.4) is 0 Å². The van der Waals surface area contributed by atoms with Crippen LogP contribution < -0.4 is 0 Å².